The molecule has 104 valence electrons. The van der Waals surface area contributed by atoms with Crippen LogP contribution in [-0.2, 0) is 4.74 Å². The minimum absolute atomic E-state index is 0.0101. The first-order valence-electron chi connectivity index (χ1n) is 6.12. The number of thiocarbonyl (C=S) groups is 1. The van der Waals surface area contributed by atoms with E-state index in [-0.39, 0.29) is 23.8 Å². The largest absolute Gasteiger partial charge is 0.394 e. The molecule has 3 N–H and O–H groups in total. The third-order valence-corrected chi connectivity index (χ3v) is 3.63. The Morgan fingerprint density at radius 3 is 2.95 bits per heavy atom. The summed E-state index contributed by atoms with van der Waals surface area (Å²) in [5, 5.41) is 9.82. The van der Waals surface area contributed by atoms with E-state index in [0.717, 1.165) is 5.69 Å². The van der Waals surface area contributed by atoms with E-state index < -0.39 is 0 Å². The molecule has 19 heavy (non-hydrogen) atoms. The van der Waals surface area contributed by atoms with Crippen molar-refractivity contribution in [2.24, 2.45) is 5.73 Å². The van der Waals surface area contributed by atoms with Gasteiger partial charge in [-0.05, 0) is 19.1 Å². The lowest BCUT2D eigenvalue weighted by molar-refractivity contribution is -0.0421. The number of rotatable bonds is 3. The number of benzene rings is 1. The topological polar surface area (TPSA) is 58.7 Å². The van der Waals surface area contributed by atoms with Gasteiger partial charge in [-0.25, -0.2) is 0 Å². The molecule has 0 saturated carbocycles. The fraction of sp³-hybridized carbons (Fsp3) is 0.462. The molecular weight excluding hydrogens is 284 g/mol. The van der Waals surface area contributed by atoms with Gasteiger partial charge in [0.15, 0.2) is 0 Å². The molecule has 4 nitrogen and oxygen atoms in total. The molecule has 0 bridgehead atoms. The van der Waals surface area contributed by atoms with Crippen LogP contribution in [0.5, 0.6) is 0 Å². The van der Waals surface area contributed by atoms with Gasteiger partial charge in [0, 0.05) is 18.8 Å². The van der Waals surface area contributed by atoms with Crippen LogP contribution in [0.25, 0.3) is 0 Å². The van der Waals surface area contributed by atoms with E-state index >= 15 is 0 Å². The van der Waals surface area contributed by atoms with E-state index in [2.05, 4.69) is 4.90 Å². The summed E-state index contributed by atoms with van der Waals surface area (Å²) < 4.78 is 5.63. The Kier molecular flexibility index (Phi) is 4.62. The monoisotopic (exact) mass is 300 g/mol. The van der Waals surface area contributed by atoms with E-state index in [0.29, 0.717) is 23.7 Å². The van der Waals surface area contributed by atoms with Gasteiger partial charge in [0.2, 0.25) is 0 Å². The van der Waals surface area contributed by atoms with Crippen molar-refractivity contribution in [2.45, 2.75) is 19.1 Å². The van der Waals surface area contributed by atoms with Gasteiger partial charge in [0.25, 0.3) is 0 Å². The molecule has 1 aromatic carbocycles. The second-order valence-electron chi connectivity index (χ2n) is 4.65. The maximum atomic E-state index is 9.28. The van der Waals surface area contributed by atoms with Crippen molar-refractivity contribution >= 4 is 34.5 Å². The predicted octanol–water partition coefficient (Wildman–Crippen LogP) is 1.56. The van der Waals surface area contributed by atoms with Crippen molar-refractivity contribution in [2.75, 3.05) is 24.6 Å². The van der Waals surface area contributed by atoms with Crippen molar-refractivity contribution in [1.29, 1.82) is 0 Å². The van der Waals surface area contributed by atoms with E-state index in [1.807, 2.05) is 19.1 Å². The second kappa shape index (κ2) is 6.05. The zero-order valence-corrected chi connectivity index (χ0v) is 12.2. The number of halogens is 1. The van der Waals surface area contributed by atoms with Crippen molar-refractivity contribution in [3.05, 3.63) is 28.8 Å². The Labute approximate surface area is 123 Å². The van der Waals surface area contributed by atoms with Crippen LogP contribution in [0.1, 0.15) is 12.5 Å². The summed E-state index contributed by atoms with van der Waals surface area (Å²) in [6, 6.07) is 5.58. The van der Waals surface area contributed by atoms with Crippen LogP contribution in [0, 0.1) is 0 Å². The van der Waals surface area contributed by atoms with Gasteiger partial charge in [-0.1, -0.05) is 29.9 Å². The number of morpholine rings is 1. The normalized spacial score (nSPS) is 23.4. The van der Waals surface area contributed by atoms with E-state index in [9.17, 15) is 5.11 Å². The molecular formula is C13H17ClN2O2S. The highest BCUT2D eigenvalue weighted by molar-refractivity contribution is 7.80. The van der Waals surface area contributed by atoms with Gasteiger partial charge in [0.05, 0.1) is 29.4 Å². The quantitative estimate of drug-likeness (QED) is 0.830. The van der Waals surface area contributed by atoms with Gasteiger partial charge in [0.1, 0.15) is 4.99 Å². The Morgan fingerprint density at radius 1 is 1.58 bits per heavy atom. The number of hydrogen-bond donors (Lipinski definition) is 2. The van der Waals surface area contributed by atoms with Crippen LogP contribution in [0.3, 0.4) is 0 Å². The molecule has 1 aliphatic heterocycles. The number of nitrogens with two attached hydrogens (primary N) is 1. The van der Waals surface area contributed by atoms with Crippen LogP contribution >= 0.6 is 23.8 Å². The van der Waals surface area contributed by atoms with Crippen LogP contribution in [0.2, 0.25) is 5.02 Å². The van der Waals surface area contributed by atoms with Gasteiger partial charge >= 0.3 is 0 Å². The third kappa shape index (κ3) is 3.17. The molecule has 1 heterocycles. The van der Waals surface area contributed by atoms with Crippen molar-refractivity contribution < 1.29 is 9.84 Å². The minimum atomic E-state index is -0.207. The zero-order chi connectivity index (χ0) is 14.0. The van der Waals surface area contributed by atoms with Crippen LogP contribution < -0.4 is 10.6 Å². The highest BCUT2D eigenvalue weighted by Gasteiger charge is 2.27. The average Bonchev–Trinajstić information content (AvgIpc) is 2.37. The highest BCUT2D eigenvalue weighted by Crippen LogP contribution is 2.29. The summed E-state index contributed by atoms with van der Waals surface area (Å²) in [7, 11) is 0. The molecule has 6 heteroatoms. The standard InChI is InChI=1S/C13H17ClN2O2S/c1-8-5-16(6-9(7-17)18-8)11-4-2-3-10(14)12(11)13(15)19/h2-4,8-9,17H,5-7H2,1H3,(H2,15,19). The summed E-state index contributed by atoms with van der Waals surface area (Å²) in [6.45, 7) is 3.27. The number of aliphatic hydroxyl groups excluding tert-OH is 1. The van der Waals surface area contributed by atoms with Gasteiger partial charge in [-0.3, -0.25) is 0 Å². The molecule has 2 unspecified atom stereocenters. The summed E-state index contributed by atoms with van der Waals surface area (Å²) in [4.78, 5) is 2.38. The van der Waals surface area contributed by atoms with Crippen LogP contribution in [0.4, 0.5) is 5.69 Å². The maximum Gasteiger partial charge on any atom is 0.107 e. The zero-order valence-electron chi connectivity index (χ0n) is 10.7. The summed E-state index contributed by atoms with van der Waals surface area (Å²) in [5.74, 6) is 0. The summed E-state index contributed by atoms with van der Waals surface area (Å²) in [5.41, 5.74) is 7.35. The molecule has 1 aliphatic rings. The highest BCUT2D eigenvalue weighted by atomic mass is 35.5. The Balaban J connectivity index is 2.35. The Hall–Kier alpha value is -0.880. The first-order chi connectivity index (χ1) is 9.02. The van der Waals surface area contributed by atoms with Crippen molar-refractivity contribution in [3.8, 4) is 0 Å². The maximum absolute atomic E-state index is 9.28. The van der Waals surface area contributed by atoms with E-state index in [1.165, 1.54) is 0 Å². The van der Waals surface area contributed by atoms with Gasteiger partial charge in [-0.15, -0.1) is 0 Å². The molecule has 1 fully saturated rings. The fourth-order valence-corrected chi connectivity index (χ4v) is 2.90. The lowest BCUT2D eigenvalue weighted by atomic mass is 10.1. The molecule has 0 aromatic heterocycles. The van der Waals surface area contributed by atoms with Gasteiger partial charge in [-0.2, -0.15) is 0 Å². The molecule has 0 spiro atoms. The molecule has 0 amide bonds. The van der Waals surface area contributed by atoms with Crippen LogP contribution in [0.15, 0.2) is 18.2 Å². The molecule has 0 aliphatic carbocycles. The van der Waals surface area contributed by atoms with Gasteiger partial charge < -0.3 is 20.5 Å². The Bertz CT molecular complexity index is 484. The number of hydrogen-bond acceptors (Lipinski definition) is 4. The first kappa shape index (κ1) is 14.5. The van der Waals surface area contributed by atoms with Crippen molar-refractivity contribution in [1.82, 2.24) is 0 Å². The summed E-state index contributed by atoms with van der Waals surface area (Å²) >= 11 is 11.3. The smallest absolute Gasteiger partial charge is 0.107 e. The fourth-order valence-electron chi connectivity index (χ4n) is 2.36. The Morgan fingerprint density at radius 2 is 2.32 bits per heavy atom. The number of aliphatic hydroxyl groups is 1. The van der Waals surface area contributed by atoms with E-state index in [4.69, 9.17) is 34.3 Å². The molecule has 2 rings (SSSR count). The van der Waals surface area contributed by atoms with Crippen molar-refractivity contribution in [3.63, 3.8) is 0 Å². The third-order valence-electron chi connectivity index (χ3n) is 3.11. The molecule has 1 aromatic rings. The number of nitrogens with zero attached hydrogens (tertiary/aromatic N) is 1. The number of ether oxygens (including phenoxy) is 1. The second-order valence-corrected chi connectivity index (χ2v) is 5.50. The molecule has 1 saturated heterocycles. The van der Waals surface area contributed by atoms with Crippen LogP contribution in [-0.4, -0.2) is 42.0 Å². The molecule has 2 atom stereocenters. The minimum Gasteiger partial charge on any atom is -0.394 e. The average molecular weight is 301 g/mol. The number of anilines is 1. The summed E-state index contributed by atoms with van der Waals surface area (Å²) in [6.07, 6.45) is -0.175. The predicted molar refractivity (Wildman–Crippen MR) is 81.0 cm³/mol. The first-order valence-corrected chi connectivity index (χ1v) is 6.91. The lowest BCUT2D eigenvalue weighted by Crippen LogP contribution is -2.48. The lowest BCUT2D eigenvalue weighted by Gasteiger charge is -2.38. The van der Waals surface area contributed by atoms with E-state index in [1.54, 1.807) is 6.07 Å². The SMILES string of the molecule is CC1CN(c2cccc(Cl)c2C(N)=S)CC(CO)O1. The molecule has 0 radical (unpaired) electrons.